The van der Waals surface area contributed by atoms with Crippen LogP contribution in [0.15, 0.2) is 0 Å². The van der Waals surface area contributed by atoms with Gasteiger partial charge in [0, 0.05) is 31.1 Å². The molecule has 0 aliphatic carbocycles. The molecule has 134 valence electrons. The van der Waals surface area contributed by atoms with Gasteiger partial charge in [0.05, 0.1) is 0 Å². The third-order valence-corrected chi connectivity index (χ3v) is 4.50. The number of carbonyl (C=O) groups excluding carboxylic acids is 1. The van der Waals surface area contributed by atoms with Gasteiger partial charge in [-0.15, -0.1) is 24.8 Å². The number of likely N-dealkylation sites (tertiary alicyclic amines) is 1. The Morgan fingerprint density at radius 3 is 2.59 bits per heavy atom. The van der Waals surface area contributed by atoms with E-state index >= 15 is 0 Å². The lowest BCUT2D eigenvalue weighted by molar-refractivity contribution is -0.121. The second kappa shape index (κ2) is 11.5. The van der Waals surface area contributed by atoms with Crippen LogP contribution in [0.2, 0.25) is 0 Å². The Labute approximate surface area is 148 Å². The lowest BCUT2D eigenvalue weighted by Gasteiger charge is -2.43. The Hall–Kier alpha value is -0.0300. The van der Waals surface area contributed by atoms with Crippen molar-refractivity contribution in [3.8, 4) is 0 Å². The Kier molecular flexibility index (Phi) is 12.7. The molecule has 1 aliphatic heterocycles. The van der Waals surface area contributed by atoms with Gasteiger partial charge in [-0.2, -0.15) is 0 Å². The van der Waals surface area contributed by atoms with E-state index in [1.54, 1.807) is 0 Å². The fourth-order valence-electron chi connectivity index (χ4n) is 2.82. The summed E-state index contributed by atoms with van der Waals surface area (Å²) in [6.07, 6.45) is 5.18. The van der Waals surface area contributed by atoms with Crippen LogP contribution in [0.3, 0.4) is 0 Å². The van der Waals surface area contributed by atoms with Gasteiger partial charge in [-0.25, -0.2) is 0 Å². The van der Waals surface area contributed by atoms with Crippen molar-refractivity contribution in [2.45, 2.75) is 71.4 Å². The first-order chi connectivity index (χ1) is 9.35. The van der Waals surface area contributed by atoms with Gasteiger partial charge in [0.15, 0.2) is 0 Å². The fourth-order valence-corrected chi connectivity index (χ4v) is 2.82. The summed E-state index contributed by atoms with van der Waals surface area (Å²) in [6, 6.07) is 0.0983. The van der Waals surface area contributed by atoms with Gasteiger partial charge < -0.3 is 11.1 Å². The van der Waals surface area contributed by atoms with E-state index < -0.39 is 0 Å². The number of rotatable bonds is 7. The molecule has 0 aromatic heterocycles. The first-order valence-electron chi connectivity index (χ1n) is 8.12. The second-order valence-electron chi connectivity index (χ2n) is 6.97. The smallest absolute Gasteiger partial charge is 0.220 e. The van der Waals surface area contributed by atoms with Crippen molar-refractivity contribution in [3.63, 3.8) is 0 Å². The summed E-state index contributed by atoms with van der Waals surface area (Å²) in [5.74, 6) is 0.941. The van der Waals surface area contributed by atoms with Crippen molar-refractivity contribution in [2.75, 3.05) is 19.6 Å². The highest BCUT2D eigenvalue weighted by Gasteiger charge is 2.31. The largest absolute Gasteiger partial charge is 0.354 e. The van der Waals surface area contributed by atoms with Gasteiger partial charge in [0.1, 0.15) is 0 Å². The summed E-state index contributed by atoms with van der Waals surface area (Å²) < 4.78 is 0. The minimum Gasteiger partial charge on any atom is -0.354 e. The molecule has 3 N–H and O–H groups in total. The maximum atomic E-state index is 11.8. The van der Waals surface area contributed by atoms with E-state index in [0.29, 0.717) is 6.42 Å². The van der Waals surface area contributed by atoms with E-state index in [9.17, 15) is 4.79 Å². The number of hydrogen-bond acceptors (Lipinski definition) is 3. The molecule has 1 rings (SSSR count). The van der Waals surface area contributed by atoms with Crippen molar-refractivity contribution in [3.05, 3.63) is 0 Å². The molecule has 4 nitrogen and oxygen atoms in total. The van der Waals surface area contributed by atoms with Crippen LogP contribution < -0.4 is 11.1 Å². The highest BCUT2D eigenvalue weighted by atomic mass is 35.5. The number of nitrogens with one attached hydrogen (secondary N) is 1. The van der Waals surface area contributed by atoms with Crippen molar-refractivity contribution >= 4 is 30.7 Å². The van der Waals surface area contributed by atoms with Crippen molar-refractivity contribution < 1.29 is 4.79 Å². The van der Waals surface area contributed by atoms with E-state index in [2.05, 4.69) is 31.0 Å². The first kappa shape index (κ1) is 24.2. The van der Waals surface area contributed by atoms with Crippen LogP contribution in [0, 0.1) is 5.92 Å². The predicted molar refractivity (Wildman–Crippen MR) is 99.1 cm³/mol. The van der Waals surface area contributed by atoms with E-state index in [-0.39, 0.29) is 42.3 Å². The molecule has 1 fully saturated rings. The number of hydrogen-bond donors (Lipinski definition) is 2. The minimum atomic E-state index is 0. The lowest BCUT2D eigenvalue weighted by atomic mass is 9.91. The lowest BCUT2D eigenvalue weighted by Crippen LogP contribution is -2.54. The van der Waals surface area contributed by atoms with E-state index in [1.807, 2.05) is 6.92 Å². The highest BCUT2D eigenvalue weighted by molar-refractivity contribution is 5.85. The standard InChI is InChI=1S/C16H33N3O.2ClH/c1-5-14-7-6-10-19(11-14)16(3,4)12-18-15(20)9-8-13(2)17;;/h13-14H,5-12,17H2,1-4H3,(H,18,20);2*1H. The van der Waals surface area contributed by atoms with Gasteiger partial charge >= 0.3 is 0 Å². The number of amides is 1. The van der Waals surface area contributed by atoms with Crippen LogP contribution >= 0.6 is 24.8 Å². The number of nitrogens with zero attached hydrogens (tertiary/aromatic N) is 1. The molecule has 0 aromatic carbocycles. The third-order valence-electron chi connectivity index (χ3n) is 4.50. The van der Waals surface area contributed by atoms with Crippen molar-refractivity contribution in [1.82, 2.24) is 10.2 Å². The zero-order valence-electron chi connectivity index (χ0n) is 14.6. The molecule has 0 aromatic rings. The maximum Gasteiger partial charge on any atom is 0.220 e. The number of nitrogens with two attached hydrogens (primary N) is 1. The Morgan fingerprint density at radius 1 is 1.41 bits per heavy atom. The number of carbonyl (C=O) groups is 1. The van der Waals surface area contributed by atoms with Gasteiger partial charge in [0.25, 0.3) is 0 Å². The molecule has 0 spiro atoms. The summed E-state index contributed by atoms with van der Waals surface area (Å²) in [7, 11) is 0. The molecule has 0 bridgehead atoms. The molecule has 1 amide bonds. The number of piperidine rings is 1. The zero-order valence-corrected chi connectivity index (χ0v) is 16.2. The Bertz CT molecular complexity index is 312. The minimum absolute atomic E-state index is 0. The zero-order chi connectivity index (χ0) is 15.2. The molecule has 22 heavy (non-hydrogen) atoms. The monoisotopic (exact) mass is 355 g/mol. The molecule has 0 radical (unpaired) electrons. The summed E-state index contributed by atoms with van der Waals surface area (Å²) >= 11 is 0. The average molecular weight is 356 g/mol. The predicted octanol–water partition coefficient (Wildman–Crippen LogP) is 2.97. The topological polar surface area (TPSA) is 58.4 Å². The summed E-state index contributed by atoms with van der Waals surface area (Å²) in [5, 5.41) is 3.07. The van der Waals surface area contributed by atoms with Crippen LogP contribution in [-0.2, 0) is 4.79 Å². The van der Waals surface area contributed by atoms with Gasteiger partial charge in [-0.05, 0) is 52.5 Å². The third kappa shape index (κ3) is 8.56. The van der Waals surface area contributed by atoms with Crippen molar-refractivity contribution in [1.29, 1.82) is 0 Å². The molecular formula is C16H35Cl2N3O. The Balaban J connectivity index is 0. The summed E-state index contributed by atoms with van der Waals surface area (Å²) in [5.41, 5.74) is 5.72. The molecule has 0 saturated carbocycles. The quantitative estimate of drug-likeness (QED) is 0.737. The van der Waals surface area contributed by atoms with Crippen LogP contribution in [-0.4, -0.2) is 42.0 Å². The van der Waals surface area contributed by atoms with Crippen LogP contribution in [0.1, 0.15) is 59.8 Å². The second-order valence-corrected chi connectivity index (χ2v) is 6.97. The highest BCUT2D eigenvalue weighted by Crippen LogP contribution is 2.25. The van der Waals surface area contributed by atoms with E-state index in [0.717, 1.165) is 25.4 Å². The van der Waals surface area contributed by atoms with Crippen molar-refractivity contribution in [2.24, 2.45) is 11.7 Å². The number of halogens is 2. The van der Waals surface area contributed by atoms with Crippen LogP contribution in [0.4, 0.5) is 0 Å². The molecule has 1 saturated heterocycles. The molecule has 2 unspecified atom stereocenters. The van der Waals surface area contributed by atoms with Gasteiger partial charge in [-0.1, -0.05) is 13.3 Å². The van der Waals surface area contributed by atoms with Gasteiger partial charge in [0.2, 0.25) is 5.91 Å². The van der Waals surface area contributed by atoms with E-state index in [4.69, 9.17) is 5.73 Å². The fraction of sp³-hybridized carbons (Fsp3) is 0.938. The normalized spacial score (nSPS) is 20.5. The molecular weight excluding hydrogens is 321 g/mol. The first-order valence-corrected chi connectivity index (χ1v) is 8.12. The maximum absolute atomic E-state index is 11.8. The Morgan fingerprint density at radius 2 is 2.05 bits per heavy atom. The van der Waals surface area contributed by atoms with Crippen LogP contribution in [0.5, 0.6) is 0 Å². The van der Waals surface area contributed by atoms with Gasteiger partial charge in [-0.3, -0.25) is 9.69 Å². The SMILES string of the molecule is CCC1CCCN(C(C)(C)CNC(=O)CCC(C)N)C1.Cl.Cl. The summed E-state index contributed by atoms with van der Waals surface area (Å²) in [6.45, 7) is 11.7. The van der Waals surface area contributed by atoms with E-state index in [1.165, 1.54) is 25.8 Å². The molecule has 6 heteroatoms. The molecule has 1 heterocycles. The summed E-state index contributed by atoms with van der Waals surface area (Å²) in [4.78, 5) is 14.4. The molecule has 1 aliphatic rings. The average Bonchev–Trinajstić information content (AvgIpc) is 2.43. The van der Waals surface area contributed by atoms with Crippen LogP contribution in [0.25, 0.3) is 0 Å². The molecule has 2 atom stereocenters.